The SMILES string of the molecule is CNC(c1ccc(N(C)C)cc1)c1cc(F)cc(F)c1. The van der Waals surface area contributed by atoms with Crippen LogP contribution in [0.1, 0.15) is 17.2 Å². The van der Waals surface area contributed by atoms with Crippen molar-refractivity contribution in [3.63, 3.8) is 0 Å². The van der Waals surface area contributed by atoms with Gasteiger partial charge in [-0.2, -0.15) is 0 Å². The standard InChI is InChI=1S/C16H18F2N2/c1-19-16(12-8-13(17)10-14(18)9-12)11-4-6-15(7-5-11)20(2)3/h4-10,16,19H,1-3H3. The molecule has 0 saturated heterocycles. The second-order valence-corrected chi connectivity index (χ2v) is 4.91. The lowest BCUT2D eigenvalue weighted by molar-refractivity contribution is 0.571. The predicted molar refractivity (Wildman–Crippen MR) is 78.0 cm³/mol. The van der Waals surface area contributed by atoms with Gasteiger partial charge in [-0.05, 0) is 42.4 Å². The van der Waals surface area contributed by atoms with Crippen molar-refractivity contribution in [2.75, 3.05) is 26.0 Å². The third-order valence-corrected chi connectivity index (χ3v) is 3.25. The van der Waals surface area contributed by atoms with Gasteiger partial charge >= 0.3 is 0 Å². The van der Waals surface area contributed by atoms with Crippen LogP contribution >= 0.6 is 0 Å². The Hall–Kier alpha value is -1.94. The number of nitrogens with zero attached hydrogens (tertiary/aromatic N) is 1. The van der Waals surface area contributed by atoms with E-state index in [9.17, 15) is 8.78 Å². The number of hydrogen-bond acceptors (Lipinski definition) is 2. The van der Waals surface area contributed by atoms with Crippen LogP contribution in [0, 0.1) is 11.6 Å². The predicted octanol–water partition coefficient (Wildman–Crippen LogP) is 3.34. The fraction of sp³-hybridized carbons (Fsp3) is 0.250. The van der Waals surface area contributed by atoms with E-state index in [0.717, 1.165) is 17.3 Å². The molecule has 0 heterocycles. The van der Waals surface area contributed by atoms with Crippen LogP contribution in [0.4, 0.5) is 14.5 Å². The van der Waals surface area contributed by atoms with Gasteiger partial charge in [0, 0.05) is 25.8 Å². The van der Waals surface area contributed by atoms with Gasteiger partial charge in [0.15, 0.2) is 0 Å². The van der Waals surface area contributed by atoms with E-state index in [1.165, 1.54) is 12.1 Å². The third-order valence-electron chi connectivity index (χ3n) is 3.25. The van der Waals surface area contributed by atoms with Crippen LogP contribution in [-0.2, 0) is 0 Å². The van der Waals surface area contributed by atoms with Gasteiger partial charge in [0.1, 0.15) is 11.6 Å². The second kappa shape index (κ2) is 6.01. The molecule has 0 spiro atoms. The van der Waals surface area contributed by atoms with E-state index in [-0.39, 0.29) is 6.04 Å². The highest BCUT2D eigenvalue weighted by atomic mass is 19.1. The first kappa shape index (κ1) is 14.5. The van der Waals surface area contributed by atoms with Crippen molar-refractivity contribution < 1.29 is 8.78 Å². The van der Waals surface area contributed by atoms with Gasteiger partial charge in [-0.3, -0.25) is 0 Å². The summed E-state index contributed by atoms with van der Waals surface area (Å²) in [5, 5.41) is 3.09. The molecule has 4 heteroatoms. The molecule has 1 N–H and O–H groups in total. The maximum absolute atomic E-state index is 13.3. The Labute approximate surface area is 118 Å². The Morgan fingerprint density at radius 3 is 1.90 bits per heavy atom. The van der Waals surface area contributed by atoms with Gasteiger partial charge in [0.25, 0.3) is 0 Å². The number of anilines is 1. The van der Waals surface area contributed by atoms with Crippen molar-refractivity contribution in [3.8, 4) is 0 Å². The molecule has 1 atom stereocenters. The zero-order valence-corrected chi connectivity index (χ0v) is 11.8. The van der Waals surface area contributed by atoms with Crippen molar-refractivity contribution in [1.29, 1.82) is 0 Å². The molecule has 0 fully saturated rings. The summed E-state index contributed by atoms with van der Waals surface area (Å²) in [7, 11) is 5.70. The largest absolute Gasteiger partial charge is 0.378 e. The molecule has 0 aliphatic rings. The zero-order chi connectivity index (χ0) is 14.7. The molecular formula is C16H18F2N2. The Morgan fingerprint density at radius 1 is 0.900 bits per heavy atom. The number of nitrogens with one attached hydrogen (secondary N) is 1. The van der Waals surface area contributed by atoms with Crippen LogP contribution in [0.5, 0.6) is 0 Å². The van der Waals surface area contributed by atoms with Crippen LogP contribution in [0.25, 0.3) is 0 Å². The van der Waals surface area contributed by atoms with E-state index in [0.29, 0.717) is 5.56 Å². The lowest BCUT2D eigenvalue weighted by atomic mass is 9.98. The average Bonchev–Trinajstić information content (AvgIpc) is 2.39. The summed E-state index contributed by atoms with van der Waals surface area (Å²) in [5.74, 6) is -1.13. The number of halogens is 2. The summed E-state index contributed by atoms with van der Waals surface area (Å²) in [5.41, 5.74) is 2.61. The van der Waals surface area contributed by atoms with Gasteiger partial charge in [0.2, 0.25) is 0 Å². The average molecular weight is 276 g/mol. The molecule has 0 radical (unpaired) electrons. The number of rotatable bonds is 4. The first-order chi connectivity index (χ1) is 9.51. The molecule has 2 nitrogen and oxygen atoms in total. The van der Waals surface area contributed by atoms with E-state index >= 15 is 0 Å². The normalized spacial score (nSPS) is 12.2. The summed E-state index contributed by atoms with van der Waals surface area (Å²) < 4.78 is 26.7. The summed E-state index contributed by atoms with van der Waals surface area (Å²) in [6.07, 6.45) is 0. The smallest absolute Gasteiger partial charge is 0.126 e. The van der Waals surface area contributed by atoms with Crippen LogP contribution in [-0.4, -0.2) is 21.1 Å². The highest BCUT2D eigenvalue weighted by Gasteiger charge is 2.14. The maximum atomic E-state index is 13.3. The molecule has 1 unspecified atom stereocenters. The molecule has 2 rings (SSSR count). The van der Waals surface area contributed by atoms with Crippen LogP contribution in [0.3, 0.4) is 0 Å². The lowest BCUT2D eigenvalue weighted by Crippen LogP contribution is -2.18. The highest BCUT2D eigenvalue weighted by Crippen LogP contribution is 2.25. The van der Waals surface area contributed by atoms with E-state index in [1.807, 2.05) is 43.3 Å². The fourth-order valence-electron chi connectivity index (χ4n) is 2.23. The molecule has 2 aromatic rings. The summed E-state index contributed by atoms with van der Waals surface area (Å²) >= 11 is 0. The lowest BCUT2D eigenvalue weighted by Gasteiger charge is -2.19. The first-order valence-electron chi connectivity index (χ1n) is 6.42. The molecule has 106 valence electrons. The Balaban J connectivity index is 2.36. The van der Waals surface area contributed by atoms with Crippen molar-refractivity contribution in [2.24, 2.45) is 0 Å². The third kappa shape index (κ3) is 3.14. The minimum atomic E-state index is -0.565. The molecule has 0 aromatic heterocycles. The molecule has 0 saturated carbocycles. The van der Waals surface area contributed by atoms with Crippen molar-refractivity contribution >= 4 is 5.69 Å². The van der Waals surface area contributed by atoms with Crippen LogP contribution < -0.4 is 10.2 Å². The molecule has 0 aliphatic carbocycles. The summed E-state index contributed by atoms with van der Waals surface area (Å²) in [6.45, 7) is 0. The van der Waals surface area contributed by atoms with Gasteiger partial charge in [-0.15, -0.1) is 0 Å². The van der Waals surface area contributed by atoms with E-state index in [1.54, 1.807) is 7.05 Å². The fourth-order valence-corrected chi connectivity index (χ4v) is 2.23. The first-order valence-corrected chi connectivity index (χ1v) is 6.42. The monoisotopic (exact) mass is 276 g/mol. The minimum absolute atomic E-state index is 0.239. The van der Waals surface area contributed by atoms with Crippen molar-refractivity contribution in [3.05, 3.63) is 65.2 Å². The second-order valence-electron chi connectivity index (χ2n) is 4.91. The minimum Gasteiger partial charge on any atom is -0.378 e. The van der Waals surface area contributed by atoms with E-state index < -0.39 is 11.6 Å². The van der Waals surface area contributed by atoms with Crippen LogP contribution in [0.2, 0.25) is 0 Å². The van der Waals surface area contributed by atoms with E-state index in [4.69, 9.17) is 0 Å². The Kier molecular flexibility index (Phi) is 4.35. The zero-order valence-electron chi connectivity index (χ0n) is 11.8. The quantitative estimate of drug-likeness (QED) is 0.921. The highest BCUT2D eigenvalue weighted by molar-refractivity contribution is 5.47. The Morgan fingerprint density at radius 2 is 1.45 bits per heavy atom. The molecule has 20 heavy (non-hydrogen) atoms. The summed E-state index contributed by atoms with van der Waals surface area (Å²) in [6, 6.07) is 11.2. The molecule has 0 aliphatic heterocycles. The van der Waals surface area contributed by atoms with Crippen LogP contribution in [0.15, 0.2) is 42.5 Å². The maximum Gasteiger partial charge on any atom is 0.126 e. The Bertz CT molecular complexity index is 559. The molecule has 2 aromatic carbocycles. The van der Waals surface area contributed by atoms with Gasteiger partial charge in [-0.25, -0.2) is 8.78 Å². The number of hydrogen-bond donors (Lipinski definition) is 1. The molecular weight excluding hydrogens is 258 g/mol. The van der Waals surface area contributed by atoms with Crippen molar-refractivity contribution in [1.82, 2.24) is 5.32 Å². The van der Waals surface area contributed by atoms with E-state index in [2.05, 4.69) is 5.32 Å². The van der Waals surface area contributed by atoms with Crippen molar-refractivity contribution in [2.45, 2.75) is 6.04 Å². The van der Waals surface area contributed by atoms with Gasteiger partial charge < -0.3 is 10.2 Å². The van der Waals surface area contributed by atoms with Gasteiger partial charge in [-0.1, -0.05) is 12.1 Å². The topological polar surface area (TPSA) is 15.3 Å². The summed E-state index contributed by atoms with van der Waals surface area (Å²) in [4.78, 5) is 2.00. The number of benzene rings is 2. The van der Waals surface area contributed by atoms with Gasteiger partial charge in [0.05, 0.1) is 6.04 Å². The molecule has 0 amide bonds. The molecule has 0 bridgehead atoms.